The van der Waals surface area contributed by atoms with Crippen molar-refractivity contribution in [1.82, 2.24) is 10.2 Å². The molecule has 0 saturated carbocycles. The van der Waals surface area contributed by atoms with Crippen LogP contribution in [0.4, 0.5) is 4.79 Å². The maximum atomic E-state index is 13.0. The second kappa shape index (κ2) is 12.3. The van der Waals surface area contributed by atoms with Gasteiger partial charge in [-0.15, -0.1) is 0 Å². The summed E-state index contributed by atoms with van der Waals surface area (Å²) in [5, 5.41) is 13.0. The van der Waals surface area contributed by atoms with E-state index in [1.54, 1.807) is 27.7 Å². The second-order valence-corrected chi connectivity index (χ2v) is 8.79. The fraction of sp³-hybridized carbons (Fsp3) is 0.609. The van der Waals surface area contributed by atoms with Crippen LogP contribution in [0.2, 0.25) is 0 Å². The fourth-order valence-corrected chi connectivity index (χ4v) is 2.86. The highest BCUT2D eigenvalue weighted by Crippen LogP contribution is 2.11. The first-order valence-corrected chi connectivity index (χ1v) is 10.6. The van der Waals surface area contributed by atoms with E-state index in [9.17, 15) is 19.5 Å². The average molecular weight is 437 g/mol. The number of aliphatic hydroxyl groups excluding tert-OH is 1. The van der Waals surface area contributed by atoms with E-state index in [1.165, 1.54) is 4.90 Å². The quantitative estimate of drug-likeness (QED) is 0.546. The lowest BCUT2D eigenvalue weighted by atomic mass is 10.1. The number of carbonyl (C=O) groups excluding carboxylic acids is 3. The Hall–Kier alpha value is -2.61. The lowest BCUT2D eigenvalue weighted by Crippen LogP contribution is -2.53. The molecule has 0 spiro atoms. The van der Waals surface area contributed by atoms with E-state index in [2.05, 4.69) is 5.32 Å². The highest BCUT2D eigenvalue weighted by molar-refractivity contribution is 5.84. The van der Waals surface area contributed by atoms with Crippen LogP contribution in [0.15, 0.2) is 30.3 Å². The third-order valence-electron chi connectivity index (χ3n) is 4.10. The van der Waals surface area contributed by atoms with E-state index in [0.717, 1.165) is 5.56 Å². The van der Waals surface area contributed by atoms with Gasteiger partial charge in [0.2, 0.25) is 0 Å². The number of aliphatic hydroxyl groups is 1. The summed E-state index contributed by atoms with van der Waals surface area (Å²) in [5.41, 5.74) is 0.110. The first-order chi connectivity index (χ1) is 14.4. The largest absolute Gasteiger partial charge is 0.464 e. The molecule has 0 fully saturated rings. The molecule has 0 bridgehead atoms. The Bertz CT molecular complexity index is 715. The van der Waals surface area contributed by atoms with Crippen molar-refractivity contribution < 1.29 is 29.0 Å². The van der Waals surface area contributed by atoms with Crippen LogP contribution in [0.5, 0.6) is 0 Å². The van der Waals surface area contributed by atoms with E-state index in [-0.39, 0.29) is 32.0 Å². The minimum atomic E-state index is -1.50. The van der Waals surface area contributed by atoms with Gasteiger partial charge in [-0.05, 0) is 39.2 Å². The number of hydrogen-bond acceptors (Lipinski definition) is 6. The number of urea groups is 1. The Balaban J connectivity index is 2.94. The zero-order valence-electron chi connectivity index (χ0n) is 19.4. The molecule has 31 heavy (non-hydrogen) atoms. The SMILES string of the molecule is CCOC(=O)[C@H](Cc1ccccc1)NC(=O)N(CC(C)C)CC(O)C(=O)OC(C)(C)C. The molecular weight excluding hydrogens is 400 g/mol. The third-order valence-corrected chi connectivity index (χ3v) is 4.10. The molecule has 0 aliphatic carbocycles. The highest BCUT2D eigenvalue weighted by Gasteiger charge is 2.30. The zero-order valence-corrected chi connectivity index (χ0v) is 19.4. The third kappa shape index (κ3) is 10.3. The van der Waals surface area contributed by atoms with Gasteiger partial charge in [0.05, 0.1) is 13.2 Å². The number of hydrogen-bond donors (Lipinski definition) is 2. The number of carbonyl (C=O) groups is 3. The number of rotatable bonds is 10. The summed E-state index contributed by atoms with van der Waals surface area (Å²) < 4.78 is 10.3. The molecule has 1 aromatic rings. The van der Waals surface area contributed by atoms with Crippen LogP contribution in [0.3, 0.4) is 0 Å². The molecule has 2 amide bonds. The molecule has 0 saturated heterocycles. The van der Waals surface area contributed by atoms with Crippen molar-refractivity contribution in [1.29, 1.82) is 0 Å². The summed E-state index contributed by atoms with van der Waals surface area (Å²) in [7, 11) is 0. The lowest BCUT2D eigenvalue weighted by Gasteiger charge is -2.29. The molecule has 0 aromatic heterocycles. The number of benzene rings is 1. The number of amides is 2. The molecule has 1 aromatic carbocycles. The van der Waals surface area contributed by atoms with E-state index in [4.69, 9.17) is 9.47 Å². The maximum absolute atomic E-state index is 13.0. The molecule has 0 heterocycles. The normalized spacial score (nSPS) is 13.3. The zero-order chi connectivity index (χ0) is 23.6. The number of nitrogens with zero attached hydrogens (tertiary/aromatic N) is 1. The first-order valence-electron chi connectivity index (χ1n) is 10.6. The van der Waals surface area contributed by atoms with Gasteiger partial charge in [-0.3, -0.25) is 0 Å². The smallest absolute Gasteiger partial charge is 0.337 e. The van der Waals surface area contributed by atoms with Gasteiger partial charge in [-0.2, -0.15) is 0 Å². The molecule has 1 unspecified atom stereocenters. The Labute approximate surface area is 184 Å². The van der Waals surface area contributed by atoms with Gasteiger partial charge >= 0.3 is 18.0 Å². The molecule has 2 N–H and O–H groups in total. The summed E-state index contributed by atoms with van der Waals surface area (Å²) in [6.45, 7) is 10.8. The van der Waals surface area contributed by atoms with Gasteiger partial charge in [0, 0.05) is 13.0 Å². The average Bonchev–Trinajstić information content (AvgIpc) is 2.66. The molecule has 2 atom stereocenters. The molecule has 8 heteroatoms. The Kier molecular flexibility index (Phi) is 10.5. The van der Waals surface area contributed by atoms with Crippen LogP contribution in [-0.4, -0.2) is 65.4 Å². The van der Waals surface area contributed by atoms with E-state index >= 15 is 0 Å². The van der Waals surface area contributed by atoms with E-state index in [0.29, 0.717) is 0 Å². The fourth-order valence-electron chi connectivity index (χ4n) is 2.86. The monoisotopic (exact) mass is 436 g/mol. The Morgan fingerprint density at radius 2 is 1.68 bits per heavy atom. The van der Waals surface area contributed by atoms with E-state index < -0.39 is 35.7 Å². The van der Waals surface area contributed by atoms with Crippen molar-refractivity contribution in [3.05, 3.63) is 35.9 Å². The van der Waals surface area contributed by atoms with Crippen molar-refractivity contribution in [3.8, 4) is 0 Å². The summed E-state index contributed by atoms with van der Waals surface area (Å²) in [4.78, 5) is 38.9. The van der Waals surface area contributed by atoms with Crippen molar-refractivity contribution in [2.45, 2.75) is 65.7 Å². The molecule has 0 aliphatic rings. The van der Waals surface area contributed by atoms with Crippen LogP contribution >= 0.6 is 0 Å². The van der Waals surface area contributed by atoms with Crippen LogP contribution in [0.1, 0.15) is 47.1 Å². The Morgan fingerprint density at radius 1 is 1.06 bits per heavy atom. The topological polar surface area (TPSA) is 105 Å². The predicted octanol–water partition coefficient (Wildman–Crippen LogP) is 2.53. The van der Waals surface area contributed by atoms with Gasteiger partial charge in [0.15, 0.2) is 6.10 Å². The van der Waals surface area contributed by atoms with Crippen LogP contribution in [0, 0.1) is 5.92 Å². The number of ether oxygens (including phenoxy) is 2. The lowest BCUT2D eigenvalue weighted by molar-refractivity contribution is -0.165. The van der Waals surface area contributed by atoms with Crippen LogP contribution in [-0.2, 0) is 25.5 Å². The summed E-state index contributed by atoms with van der Waals surface area (Å²) in [6, 6.07) is 7.81. The van der Waals surface area contributed by atoms with Gasteiger partial charge in [-0.1, -0.05) is 44.2 Å². The first kappa shape index (κ1) is 26.4. The summed E-state index contributed by atoms with van der Waals surface area (Å²) >= 11 is 0. The van der Waals surface area contributed by atoms with Gasteiger partial charge < -0.3 is 24.8 Å². The minimum absolute atomic E-state index is 0.0757. The highest BCUT2D eigenvalue weighted by atomic mass is 16.6. The Morgan fingerprint density at radius 3 is 2.19 bits per heavy atom. The minimum Gasteiger partial charge on any atom is -0.464 e. The molecule has 1 rings (SSSR count). The predicted molar refractivity (Wildman–Crippen MR) is 117 cm³/mol. The van der Waals surface area contributed by atoms with Gasteiger partial charge in [-0.25, -0.2) is 14.4 Å². The van der Waals surface area contributed by atoms with Crippen molar-refractivity contribution >= 4 is 18.0 Å². The maximum Gasteiger partial charge on any atom is 0.337 e. The number of esters is 2. The van der Waals surface area contributed by atoms with Crippen LogP contribution in [0.25, 0.3) is 0 Å². The van der Waals surface area contributed by atoms with Crippen molar-refractivity contribution in [2.24, 2.45) is 5.92 Å². The molecule has 8 nitrogen and oxygen atoms in total. The molecular formula is C23H36N2O6. The number of nitrogens with one attached hydrogen (secondary N) is 1. The van der Waals surface area contributed by atoms with Crippen molar-refractivity contribution in [2.75, 3.05) is 19.7 Å². The summed E-state index contributed by atoms with van der Waals surface area (Å²) in [6.07, 6.45) is -1.24. The molecule has 0 aliphatic heterocycles. The van der Waals surface area contributed by atoms with E-state index in [1.807, 2.05) is 44.2 Å². The molecule has 0 radical (unpaired) electrons. The second-order valence-electron chi connectivity index (χ2n) is 8.79. The van der Waals surface area contributed by atoms with Gasteiger partial charge in [0.25, 0.3) is 0 Å². The standard InChI is InChI=1S/C23H36N2O6/c1-7-30-20(27)18(13-17-11-9-8-10-12-17)24-22(29)25(14-16(2)3)15-19(26)21(28)31-23(4,5)6/h8-12,16,18-19,26H,7,13-15H2,1-6H3,(H,24,29)/t18-,19?/m0/s1. The summed E-state index contributed by atoms with van der Waals surface area (Å²) in [5.74, 6) is -1.27. The van der Waals surface area contributed by atoms with Crippen LogP contribution < -0.4 is 5.32 Å². The van der Waals surface area contributed by atoms with Crippen molar-refractivity contribution in [3.63, 3.8) is 0 Å². The van der Waals surface area contributed by atoms with Gasteiger partial charge in [0.1, 0.15) is 11.6 Å². The molecule has 174 valence electrons.